The highest BCUT2D eigenvalue weighted by Gasteiger charge is 2.48. The van der Waals surface area contributed by atoms with Crippen LogP contribution in [0, 0.1) is 17.8 Å². The number of nitrogens with zero attached hydrogens (tertiary/aromatic N) is 6. The van der Waals surface area contributed by atoms with Gasteiger partial charge in [0.05, 0.1) is 0 Å². The zero-order chi connectivity index (χ0) is 76.3. The van der Waals surface area contributed by atoms with Gasteiger partial charge in [0.2, 0.25) is 0 Å². The predicted octanol–water partition coefficient (Wildman–Crippen LogP) is 24.8. The lowest BCUT2D eigenvalue weighted by molar-refractivity contribution is -0.390. The molecule has 6 aromatic carbocycles. The lowest BCUT2D eigenvalue weighted by atomic mass is 9.73. The zero-order valence-corrected chi connectivity index (χ0v) is 62.7. The Labute approximate surface area is 604 Å². The van der Waals surface area contributed by atoms with Crippen LogP contribution in [0.25, 0.3) is 28.0 Å². The molecule has 1 aliphatic rings. The first-order chi connectivity index (χ1) is 48.0. The summed E-state index contributed by atoms with van der Waals surface area (Å²) in [6, 6.07) is 61.1. The number of aromatic nitrogens is 5. The summed E-state index contributed by atoms with van der Waals surface area (Å²) in [6.07, 6.45) is 20.1. The van der Waals surface area contributed by atoms with Crippen LogP contribution in [0.2, 0.25) is 0 Å². The number of halogens is 6. The Morgan fingerprint density at radius 1 is 0.539 bits per heavy atom. The average molecular weight is 1390 g/mol. The quantitative estimate of drug-likeness (QED) is 0.0500. The van der Waals surface area contributed by atoms with E-state index in [1.807, 2.05) is 114 Å². The molecule has 0 aliphatic carbocycles. The standard InChI is InChI=1S/C17H16.C14H15BN6.C13H24.C12H12.C10H12.C8H8O.C7H6F6.C7H12/c1-14(16-9-5-3-6-10-16)13-15(2)17-11-7-4-8-12-17;1-2-10-18(9-1)15(19-11-3-4-12-19,20-13-5-7-16-20)21-14-6-8-17-21;1-10(12(3,4)5)9-11(2)13(6,7)8;1-2-10-7-5-8-11-6-3-4-9-12(10)11;1-3-6-10-8-5-4-7-9(10)2;1-7(9)8-5-3-2-4-6-8;1-4(6(8,9)10)3-5(2)7(11,12)13;1-6(2)5-7(3)4/h3-13H,1H2,2H3;1-11,13-14H,12H2;9H,1H2,2-8H3;3-9H,2H2,1H3;3-8H,1-2H3;2-6H,1H3;3H,1H2,2H3;5H,1H2,2-4H3/b15-13+;;11-9+;;6-3+;;5-3+;. The van der Waals surface area contributed by atoms with Gasteiger partial charge in [0.1, 0.15) is 12.8 Å². The number of rotatable bonds is 13. The maximum absolute atomic E-state index is 11.7. The van der Waals surface area contributed by atoms with Crippen molar-refractivity contribution in [1.82, 2.24) is 23.9 Å². The molecule has 0 fully saturated rings. The highest BCUT2D eigenvalue weighted by atomic mass is 19.4. The minimum atomic E-state index is -4.81. The summed E-state index contributed by atoms with van der Waals surface area (Å²) in [4.78, 5) is 10.6. The van der Waals surface area contributed by atoms with Gasteiger partial charge in [-0.1, -0.05) is 280 Å². The summed E-state index contributed by atoms with van der Waals surface area (Å²) in [6.45, 7) is 45.8. The molecule has 10 rings (SSSR count). The van der Waals surface area contributed by atoms with Gasteiger partial charge in [0.25, 0.3) is 0 Å². The van der Waals surface area contributed by atoms with Gasteiger partial charge in [-0.3, -0.25) is 4.79 Å². The fourth-order valence-corrected chi connectivity index (χ4v) is 9.71. The van der Waals surface area contributed by atoms with Gasteiger partial charge in [-0.25, -0.2) is 10.2 Å². The van der Waals surface area contributed by atoms with Crippen LogP contribution in [0.4, 0.5) is 26.3 Å². The molecular formula is C88H105BF6N6O. The molecule has 0 bridgehead atoms. The monoisotopic (exact) mass is 1390 g/mol. The van der Waals surface area contributed by atoms with E-state index in [9.17, 15) is 31.1 Å². The molecule has 102 heavy (non-hydrogen) atoms. The van der Waals surface area contributed by atoms with E-state index in [1.54, 1.807) is 19.3 Å². The molecule has 538 valence electrons. The minimum Gasteiger partial charge on any atom is -0.423 e. The molecule has 9 aromatic rings. The number of benzene rings is 6. The molecule has 4 heterocycles. The van der Waals surface area contributed by atoms with Crippen molar-refractivity contribution in [3.63, 3.8) is 0 Å². The lowest BCUT2D eigenvalue weighted by Crippen LogP contribution is -2.66. The van der Waals surface area contributed by atoms with Crippen molar-refractivity contribution in [2.75, 3.05) is 6.54 Å². The maximum Gasteiger partial charge on any atom is 0.622 e. The topological polar surface area (TPSA) is 60.6 Å². The number of allylic oxidation sites excluding steroid dienone is 14. The fourth-order valence-electron chi connectivity index (χ4n) is 9.71. The zero-order valence-electron chi connectivity index (χ0n) is 62.7. The second-order valence-electron chi connectivity index (χ2n) is 26.7. The van der Waals surface area contributed by atoms with Crippen molar-refractivity contribution in [2.45, 2.75) is 130 Å². The molecule has 0 amide bonds. The van der Waals surface area contributed by atoms with Crippen LogP contribution in [0.15, 0.2) is 321 Å². The van der Waals surface area contributed by atoms with Crippen molar-refractivity contribution in [3.05, 3.63) is 355 Å². The van der Waals surface area contributed by atoms with Gasteiger partial charge in [-0.05, 0) is 202 Å². The van der Waals surface area contributed by atoms with Gasteiger partial charge in [-0.2, -0.15) is 26.3 Å². The van der Waals surface area contributed by atoms with Crippen LogP contribution >= 0.6 is 0 Å². The van der Waals surface area contributed by atoms with Gasteiger partial charge < -0.3 is 18.2 Å². The Bertz CT molecular complexity index is 4120. The fraction of sp³-hybridized carbons (Fsp3) is 0.250. The van der Waals surface area contributed by atoms with Crippen LogP contribution in [-0.2, 0) is 6.42 Å². The van der Waals surface area contributed by atoms with Gasteiger partial charge in [0, 0.05) is 29.1 Å². The molecular weight excluding hydrogens is 1280 g/mol. The molecule has 7 nitrogen and oxygen atoms in total. The Morgan fingerprint density at radius 2 is 1.03 bits per heavy atom. The molecule has 0 atom stereocenters. The van der Waals surface area contributed by atoms with Crippen LogP contribution < -0.4 is 0 Å². The first-order valence-electron chi connectivity index (χ1n) is 33.9. The smallest absolute Gasteiger partial charge is 0.423 e. The third-order valence-electron chi connectivity index (χ3n) is 16.0. The Kier molecular flexibility index (Phi) is 35.4. The summed E-state index contributed by atoms with van der Waals surface area (Å²) >= 11 is 0. The number of Topliss-reactive ketones (excluding diaryl/α,β-unsaturated/α-hetero) is 1. The van der Waals surface area contributed by atoms with Crippen LogP contribution in [-0.4, -0.2) is 65.9 Å². The number of alkyl halides is 6. The first kappa shape index (κ1) is 85.9. The maximum atomic E-state index is 11.7. The number of fused-ring (bicyclic) bond motifs is 1. The van der Waals surface area contributed by atoms with E-state index in [2.05, 4.69) is 293 Å². The number of ketones is 1. The van der Waals surface area contributed by atoms with E-state index >= 15 is 0 Å². The van der Waals surface area contributed by atoms with E-state index in [1.165, 1.54) is 60.9 Å². The SMILES string of the molecule is C/C=C/c1ccccc1C.C1=CC[N+]([B-](n2cccc2)(n2cccn2)n2cccn2)=C1.C=C(/C=C(\C)C(C)(C)C)C(C)(C)C.C=C(/C=C(\C)C(F)(F)F)C(F)(F)F.C=C(/C=C(\C)c1ccccc1)c1ccccc1.C=C(C)C=C(C)C.CC(=O)c1ccccc1.CCc1cccc2ccccc12. The third kappa shape index (κ3) is 29.5. The number of aryl methyl sites for hydroxylation is 2. The third-order valence-corrected chi connectivity index (χ3v) is 16.0. The van der Waals surface area contributed by atoms with Crippen LogP contribution in [0.1, 0.15) is 142 Å². The lowest BCUT2D eigenvalue weighted by Gasteiger charge is -2.37. The molecule has 0 unspecified atom stereocenters. The Balaban J connectivity index is 0.000000310. The highest BCUT2D eigenvalue weighted by molar-refractivity contribution is 6.67. The second kappa shape index (κ2) is 42.0. The Hall–Kier alpha value is -10.3. The summed E-state index contributed by atoms with van der Waals surface area (Å²) in [7, 11) is 0. The normalized spacial score (nSPS) is 12.2. The molecule has 3 aromatic heterocycles. The van der Waals surface area contributed by atoms with E-state index in [4.69, 9.17) is 0 Å². The van der Waals surface area contributed by atoms with Gasteiger partial charge >= 0.3 is 19.0 Å². The molecule has 0 saturated heterocycles. The van der Waals surface area contributed by atoms with E-state index in [0.717, 1.165) is 29.7 Å². The molecule has 14 heteroatoms. The average Bonchev–Trinajstić information content (AvgIpc) is 1.53. The van der Waals surface area contributed by atoms with E-state index in [0.29, 0.717) is 6.92 Å². The second-order valence-corrected chi connectivity index (χ2v) is 26.7. The van der Waals surface area contributed by atoms with Crippen LogP contribution in [0.5, 0.6) is 0 Å². The molecule has 0 N–H and O–H groups in total. The highest BCUT2D eigenvalue weighted by Crippen LogP contribution is 2.33. The van der Waals surface area contributed by atoms with Gasteiger partial charge in [-0.15, -0.1) is 0 Å². The van der Waals surface area contributed by atoms with Crippen molar-refractivity contribution < 1.29 is 35.6 Å². The number of hydrogen-bond donors (Lipinski definition) is 0. The van der Waals surface area contributed by atoms with Crippen molar-refractivity contribution in [3.8, 4) is 0 Å². The van der Waals surface area contributed by atoms with Crippen LogP contribution in [0.3, 0.4) is 0 Å². The van der Waals surface area contributed by atoms with E-state index in [-0.39, 0.29) is 22.7 Å². The van der Waals surface area contributed by atoms with Gasteiger partial charge in [0.15, 0.2) is 5.78 Å². The van der Waals surface area contributed by atoms with Crippen molar-refractivity contribution in [2.24, 2.45) is 10.8 Å². The van der Waals surface area contributed by atoms with E-state index < -0.39 is 30.2 Å². The summed E-state index contributed by atoms with van der Waals surface area (Å²) in [5.74, 6) is 0.121. The summed E-state index contributed by atoms with van der Waals surface area (Å²) in [5, 5.41) is 11.8. The summed E-state index contributed by atoms with van der Waals surface area (Å²) < 4.78 is 78.6. The minimum absolute atomic E-state index is 0.0278. The molecule has 1 aliphatic heterocycles. The summed E-state index contributed by atoms with van der Waals surface area (Å²) in [5.41, 5.74) is 12.2. The first-order valence-corrected chi connectivity index (χ1v) is 33.9. The molecule has 0 saturated carbocycles. The molecule has 0 spiro atoms. The number of hydrogen-bond acceptors (Lipinski definition) is 3. The van der Waals surface area contributed by atoms with Crippen molar-refractivity contribution >= 4 is 46.7 Å². The number of carbonyl (C=O) groups excluding carboxylic acids is 1. The number of carbonyl (C=O) groups is 1. The Morgan fingerprint density at radius 3 is 1.44 bits per heavy atom. The predicted molar refractivity (Wildman–Crippen MR) is 423 cm³/mol. The largest absolute Gasteiger partial charge is 0.622 e. The molecule has 0 radical (unpaired) electrons. The van der Waals surface area contributed by atoms with Crippen molar-refractivity contribution in [1.29, 1.82) is 0 Å².